The van der Waals surface area contributed by atoms with Gasteiger partial charge in [-0.1, -0.05) is 11.6 Å². The summed E-state index contributed by atoms with van der Waals surface area (Å²) in [6.07, 6.45) is 5.46. The Morgan fingerprint density at radius 2 is 1.76 bits per heavy atom. The molecule has 0 aliphatic carbocycles. The van der Waals surface area contributed by atoms with Crippen LogP contribution in [0.1, 0.15) is 10.4 Å². The first-order chi connectivity index (χ1) is 15.6. The predicted molar refractivity (Wildman–Crippen MR) is 112 cm³/mol. The van der Waals surface area contributed by atoms with E-state index in [-0.39, 0.29) is 17.7 Å². The van der Waals surface area contributed by atoms with E-state index in [1.54, 1.807) is 17.1 Å². The highest BCUT2D eigenvalue weighted by Crippen LogP contribution is 2.18. The molecule has 0 aliphatic rings. The molecular weight excluding hydrogens is 484 g/mol. The first-order valence-electron chi connectivity index (χ1n) is 8.55. The molecule has 0 bridgehead atoms. The molecule has 3 N–H and O–H groups in total. The van der Waals surface area contributed by atoms with E-state index in [2.05, 4.69) is 30.4 Å². The van der Waals surface area contributed by atoms with Gasteiger partial charge in [0.2, 0.25) is 17.7 Å². The number of aryl methyl sites for hydroxylation is 1. The summed E-state index contributed by atoms with van der Waals surface area (Å²) in [6, 6.07) is 0.118. The van der Waals surface area contributed by atoms with Gasteiger partial charge in [-0.05, 0) is 0 Å². The van der Waals surface area contributed by atoms with E-state index >= 15 is 0 Å². The van der Waals surface area contributed by atoms with Crippen LogP contribution in [0.4, 0.5) is 10.7 Å². The van der Waals surface area contributed by atoms with Crippen LogP contribution in [-0.2, 0) is 17.1 Å². The van der Waals surface area contributed by atoms with Crippen molar-refractivity contribution in [1.29, 1.82) is 0 Å². The standard InChI is InChI=1S/C12H14N6O7S.C4H3ClN2/c1-18-9(6(5-13-18)10(19)20)26(22,23)17-12(21)16-11-14-7(24-2)4-8(15-11)25-3;5-4-3-6-1-2-7-4/h4-5H,1-3H3,(H,19,20)(H2,14,15,16,17,21);1-3H. The van der Waals surface area contributed by atoms with E-state index in [0.717, 1.165) is 10.9 Å². The lowest BCUT2D eigenvalue weighted by Gasteiger charge is -2.10. The smallest absolute Gasteiger partial charge is 0.340 e. The van der Waals surface area contributed by atoms with Gasteiger partial charge in [-0.25, -0.2) is 19.3 Å². The van der Waals surface area contributed by atoms with Crippen LogP contribution in [0.5, 0.6) is 11.8 Å². The lowest BCUT2D eigenvalue weighted by Crippen LogP contribution is -2.36. The topological polar surface area (TPSA) is 200 Å². The number of carboxylic acid groups (broad SMARTS) is 1. The van der Waals surface area contributed by atoms with Crippen LogP contribution < -0.4 is 19.5 Å². The van der Waals surface area contributed by atoms with Crippen LogP contribution in [0.3, 0.4) is 0 Å². The number of ether oxygens (including phenoxy) is 2. The lowest BCUT2D eigenvalue weighted by molar-refractivity contribution is 0.0692. The Kier molecular flexibility index (Phi) is 8.41. The number of hydrogen-bond acceptors (Lipinski definition) is 11. The Labute approximate surface area is 191 Å². The summed E-state index contributed by atoms with van der Waals surface area (Å²) in [7, 11) is -0.667. The molecule has 33 heavy (non-hydrogen) atoms. The molecule has 3 heterocycles. The third-order valence-corrected chi connectivity index (χ3v) is 5.09. The SMILES string of the molecule is COc1cc(OC)nc(NC(=O)NS(=O)(=O)c2c(C(=O)O)cnn2C)n1.Clc1cnccn1. The summed E-state index contributed by atoms with van der Waals surface area (Å²) >= 11 is 5.37. The van der Waals surface area contributed by atoms with Crippen molar-refractivity contribution in [2.24, 2.45) is 7.05 Å². The predicted octanol–water partition coefficient (Wildman–Crippen LogP) is 0.566. The minimum absolute atomic E-state index is 0.0646. The quantitative estimate of drug-likeness (QED) is 0.425. The highest BCUT2D eigenvalue weighted by Gasteiger charge is 2.29. The summed E-state index contributed by atoms with van der Waals surface area (Å²) in [5.74, 6) is -1.68. The van der Waals surface area contributed by atoms with E-state index in [1.165, 1.54) is 33.5 Å². The first-order valence-corrected chi connectivity index (χ1v) is 10.4. The molecule has 3 rings (SSSR count). The Hall–Kier alpha value is -4.05. The Bertz CT molecular complexity index is 1210. The van der Waals surface area contributed by atoms with Gasteiger partial charge in [0.1, 0.15) is 10.7 Å². The van der Waals surface area contributed by atoms with Crippen molar-refractivity contribution in [3.63, 3.8) is 0 Å². The summed E-state index contributed by atoms with van der Waals surface area (Å²) in [5.41, 5.74) is -0.591. The highest BCUT2D eigenvalue weighted by atomic mass is 35.5. The van der Waals surface area contributed by atoms with Crippen LogP contribution in [-0.4, -0.2) is 69.5 Å². The molecule has 0 saturated carbocycles. The van der Waals surface area contributed by atoms with Crippen LogP contribution in [0, 0.1) is 0 Å². The average molecular weight is 501 g/mol. The zero-order chi connectivity index (χ0) is 24.6. The molecule has 0 aliphatic heterocycles. The second-order valence-electron chi connectivity index (χ2n) is 5.66. The van der Waals surface area contributed by atoms with Gasteiger partial charge < -0.3 is 14.6 Å². The van der Waals surface area contributed by atoms with E-state index in [0.29, 0.717) is 5.15 Å². The van der Waals surface area contributed by atoms with E-state index < -0.39 is 32.6 Å². The van der Waals surface area contributed by atoms with Crippen molar-refractivity contribution in [3.8, 4) is 11.8 Å². The fraction of sp³-hybridized carbons (Fsp3) is 0.188. The maximum Gasteiger partial charge on any atom is 0.340 e. The van der Waals surface area contributed by atoms with Gasteiger partial charge in [-0.2, -0.15) is 23.5 Å². The number of hydrogen-bond donors (Lipinski definition) is 3. The average Bonchev–Trinajstić information content (AvgIpc) is 3.16. The summed E-state index contributed by atoms with van der Waals surface area (Å²) < 4.78 is 36.9. The molecule has 15 nitrogen and oxygen atoms in total. The molecule has 17 heteroatoms. The number of rotatable bonds is 6. The fourth-order valence-corrected chi connectivity index (χ4v) is 3.47. The zero-order valence-electron chi connectivity index (χ0n) is 17.3. The summed E-state index contributed by atoms with van der Waals surface area (Å²) in [6.45, 7) is 0. The van der Waals surface area contributed by atoms with Crippen LogP contribution in [0.25, 0.3) is 0 Å². The van der Waals surface area contributed by atoms with Gasteiger partial charge in [-0.3, -0.25) is 15.0 Å². The number of sulfonamides is 1. The van der Waals surface area contributed by atoms with E-state index in [4.69, 9.17) is 26.2 Å². The minimum atomic E-state index is -4.53. The molecule has 0 atom stereocenters. The number of aromatic nitrogens is 6. The molecule has 3 aromatic rings. The fourth-order valence-electron chi connectivity index (χ4n) is 2.14. The number of nitrogens with zero attached hydrogens (tertiary/aromatic N) is 6. The Balaban J connectivity index is 0.000000468. The molecular formula is C16H17ClN8O7S. The number of nitrogens with one attached hydrogen (secondary N) is 2. The number of urea groups is 1. The third kappa shape index (κ3) is 6.97. The van der Waals surface area contributed by atoms with Gasteiger partial charge in [0.25, 0.3) is 10.0 Å². The van der Waals surface area contributed by atoms with Crippen LogP contribution >= 0.6 is 11.6 Å². The molecule has 3 aromatic heterocycles. The van der Waals surface area contributed by atoms with E-state index in [1.807, 2.05) is 0 Å². The number of carbonyl (C=O) groups is 2. The van der Waals surface area contributed by atoms with Gasteiger partial charge in [-0.15, -0.1) is 0 Å². The van der Waals surface area contributed by atoms with Crippen molar-refractivity contribution < 1.29 is 32.6 Å². The maximum atomic E-state index is 12.3. The Morgan fingerprint density at radius 1 is 1.12 bits per heavy atom. The van der Waals surface area contributed by atoms with Crippen LogP contribution in [0.2, 0.25) is 5.15 Å². The minimum Gasteiger partial charge on any atom is -0.481 e. The molecule has 0 spiro atoms. The lowest BCUT2D eigenvalue weighted by atomic mass is 10.4. The molecule has 0 saturated heterocycles. The number of amides is 2. The van der Waals surface area contributed by atoms with Crippen molar-refractivity contribution in [2.75, 3.05) is 19.5 Å². The molecule has 176 valence electrons. The number of halogens is 1. The second kappa shape index (κ2) is 11.0. The van der Waals surface area contributed by atoms with Crippen molar-refractivity contribution in [2.45, 2.75) is 5.03 Å². The monoisotopic (exact) mass is 500 g/mol. The third-order valence-electron chi connectivity index (χ3n) is 3.45. The molecule has 0 aromatic carbocycles. The zero-order valence-corrected chi connectivity index (χ0v) is 18.8. The highest BCUT2D eigenvalue weighted by molar-refractivity contribution is 7.90. The van der Waals surface area contributed by atoms with Gasteiger partial charge in [0.15, 0.2) is 5.03 Å². The Morgan fingerprint density at radius 3 is 2.21 bits per heavy atom. The van der Waals surface area contributed by atoms with Gasteiger partial charge in [0, 0.05) is 19.4 Å². The molecule has 0 radical (unpaired) electrons. The molecule has 0 fully saturated rings. The van der Waals surface area contributed by atoms with E-state index in [9.17, 15) is 18.0 Å². The van der Waals surface area contributed by atoms with Crippen molar-refractivity contribution in [1.82, 2.24) is 34.4 Å². The van der Waals surface area contributed by atoms with Gasteiger partial charge in [0.05, 0.1) is 32.7 Å². The number of aromatic carboxylic acids is 1. The number of carbonyl (C=O) groups excluding carboxylic acids is 1. The van der Waals surface area contributed by atoms with Crippen molar-refractivity contribution in [3.05, 3.63) is 41.6 Å². The normalized spacial score (nSPS) is 10.4. The molecule has 0 unspecified atom stereocenters. The number of methoxy groups -OCH3 is 2. The number of carboxylic acids is 1. The second-order valence-corrected chi connectivity index (χ2v) is 7.64. The van der Waals surface area contributed by atoms with Crippen LogP contribution in [0.15, 0.2) is 35.9 Å². The maximum absolute atomic E-state index is 12.3. The largest absolute Gasteiger partial charge is 0.481 e. The number of anilines is 1. The van der Waals surface area contributed by atoms with Crippen molar-refractivity contribution >= 4 is 39.6 Å². The van der Waals surface area contributed by atoms with Gasteiger partial charge >= 0.3 is 12.0 Å². The summed E-state index contributed by atoms with van der Waals surface area (Å²) in [4.78, 5) is 38.1. The first kappa shape index (κ1) is 25.2. The summed E-state index contributed by atoms with van der Waals surface area (Å²) in [5, 5.41) is 14.4. The molecule has 2 amide bonds.